The first-order chi connectivity index (χ1) is 12.2. The molecule has 128 valence electrons. The SMILES string of the molecule is COc1ccc(NC(=O)N2CC(c3nc(-c4ccco4)no3)C2)cc1. The molecule has 1 fully saturated rings. The fourth-order valence-corrected chi connectivity index (χ4v) is 2.58. The highest BCUT2D eigenvalue weighted by Crippen LogP contribution is 2.28. The Bertz CT molecular complexity index is 851. The zero-order chi connectivity index (χ0) is 17.2. The summed E-state index contributed by atoms with van der Waals surface area (Å²) in [6.07, 6.45) is 1.56. The topological polar surface area (TPSA) is 93.6 Å². The Morgan fingerprint density at radius 1 is 1.28 bits per heavy atom. The molecule has 3 aromatic rings. The minimum Gasteiger partial charge on any atom is -0.497 e. The third-order valence-electron chi connectivity index (χ3n) is 4.04. The molecular formula is C17H16N4O4. The number of hydrogen-bond donors (Lipinski definition) is 1. The van der Waals surface area contributed by atoms with Gasteiger partial charge in [0.15, 0.2) is 5.76 Å². The smallest absolute Gasteiger partial charge is 0.321 e. The Labute approximate surface area is 143 Å². The average Bonchev–Trinajstić information content (AvgIpc) is 3.25. The van der Waals surface area contributed by atoms with E-state index in [-0.39, 0.29) is 11.9 Å². The number of hydrogen-bond acceptors (Lipinski definition) is 6. The van der Waals surface area contributed by atoms with E-state index in [4.69, 9.17) is 13.7 Å². The molecule has 0 spiro atoms. The van der Waals surface area contributed by atoms with E-state index in [0.29, 0.717) is 36.3 Å². The summed E-state index contributed by atoms with van der Waals surface area (Å²) < 4.78 is 15.6. The third kappa shape index (κ3) is 3.06. The second-order valence-electron chi connectivity index (χ2n) is 5.69. The summed E-state index contributed by atoms with van der Waals surface area (Å²) in [5.74, 6) is 2.27. The summed E-state index contributed by atoms with van der Waals surface area (Å²) in [7, 11) is 1.60. The molecule has 0 atom stereocenters. The number of amides is 2. The molecule has 3 heterocycles. The van der Waals surface area contributed by atoms with Crippen LogP contribution in [0.1, 0.15) is 11.8 Å². The van der Waals surface area contributed by atoms with E-state index in [1.165, 1.54) is 0 Å². The second-order valence-corrected chi connectivity index (χ2v) is 5.69. The van der Waals surface area contributed by atoms with Crippen molar-refractivity contribution in [2.45, 2.75) is 5.92 Å². The van der Waals surface area contributed by atoms with Gasteiger partial charge in [-0.2, -0.15) is 4.98 Å². The maximum absolute atomic E-state index is 12.2. The van der Waals surface area contributed by atoms with Crippen molar-refractivity contribution in [1.29, 1.82) is 0 Å². The molecule has 0 aliphatic carbocycles. The van der Waals surface area contributed by atoms with Crippen molar-refractivity contribution in [3.63, 3.8) is 0 Å². The number of rotatable bonds is 4. The summed E-state index contributed by atoms with van der Waals surface area (Å²) in [5.41, 5.74) is 0.715. The lowest BCUT2D eigenvalue weighted by Gasteiger charge is -2.36. The minimum absolute atomic E-state index is 0.0397. The lowest BCUT2D eigenvalue weighted by atomic mass is 10.0. The monoisotopic (exact) mass is 340 g/mol. The Morgan fingerprint density at radius 3 is 2.76 bits per heavy atom. The predicted molar refractivity (Wildman–Crippen MR) is 88.3 cm³/mol. The lowest BCUT2D eigenvalue weighted by molar-refractivity contribution is 0.147. The van der Waals surface area contributed by atoms with Crippen LogP contribution in [0.4, 0.5) is 10.5 Å². The van der Waals surface area contributed by atoms with Gasteiger partial charge in [0.05, 0.1) is 19.3 Å². The summed E-state index contributed by atoms with van der Waals surface area (Å²) in [6.45, 7) is 1.06. The molecule has 0 saturated carbocycles. The molecule has 1 aromatic carbocycles. The van der Waals surface area contributed by atoms with Crippen molar-refractivity contribution in [3.8, 4) is 17.3 Å². The first kappa shape index (κ1) is 15.3. The van der Waals surface area contributed by atoms with Crippen LogP contribution in [0.15, 0.2) is 51.6 Å². The van der Waals surface area contributed by atoms with E-state index in [2.05, 4.69) is 15.5 Å². The number of methoxy groups -OCH3 is 1. The molecule has 2 aromatic heterocycles. The molecule has 1 aliphatic rings. The third-order valence-corrected chi connectivity index (χ3v) is 4.04. The van der Waals surface area contributed by atoms with Crippen LogP contribution in [0, 0.1) is 0 Å². The van der Waals surface area contributed by atoms with E-state index in [0.717, 1.165) is 5.75 Å². The first-order valence-corrected chi connectivity index (χ1v) is 7.80. The van der Waals surface area contributed by atoms with Crippen molar-refractivity contribution in [2.24, 2.45) is 0 Å². The fourth-order valence-electron chi connectivity index (χ4n) is 2.58. The van der Waals surface area contributed by atoms with E-state index in [1.54, 1.807) is 54.7 Å². The number of ether oxygens (including phenoxy) is 1. The number of anilines is 1. The van der Waals surface area contributed by atoms with Gasteiger partial charge in [0.1, 0.15) is 5.75 Å². The molecule has 25 heavy (non-hydrogen) atoms. The van der Waals surface area contributed by atoms with Gasteiger partial charge < -0.3 is 23.9 Å². The van der Waals surface area contributed by atoms with Crippen molar-refractivity contribution in [2.75, 3.05) is 25.5 Å². The highest BCUT2D eigenvalue weighted by Gasteiger charge is 2.36. The Hall–Kier alpha value is -3.29. The van der Waals surface area contributed by atoms with Gasteiger partial charge in [0, 0.05) is 18.8 Å². The standard InChI is InChI=1S/C17H16N4O4/c1-23-13-6-4-12(5-7-13)18-17(22)21-9-11(10-21)16-19-15(20-25-16)14-3-2-8-24-14/h2-8,11H,9-10H2,1H3,(H,18,22). The molecule has 8 heteroatoms. The highest BCUT2D eigenvalue weighted by molar-refractivity contribution is 5.90. The van der Waals surface area contributed by atoms with Crippen LogP contribution in [0.2, 0.25) is 0 Å². The zero-order valence-electron chi connectivity index (χ0n) is 13.5. The van der Waals surface area contributed by atoms with Gasteiger partial charge in [0.25, 0.3) is 0 Å². The second kappa shape index (κ2) is 6.31. The van der Waals surface area contributed by atoms with Crippen LogP contribution in [0.3, 0.4) is 0 Å². The van der Waals surface area contributed by atoms with E-state index in [9.17, 15) is 4.79 Å². The maximum Gasteiger partial charge on any atom is 0.321 e. The molecule has 4 rings (SSSR count). The Morgan fingerprint density at radius 2 is 2.08 bits per heavy atom. The number of furan rings is 1. The zero-order valence-corrected chi connectivity index (χ0v) is 13.5. The molecule has 8 nitrogen and oxygen atoms in total. The number of carbonyl (C=O) groups is 1. The van der Waals surface area contributed by atoms with Gasteiger partial charge >= 0.3 is 6.03 Å². The van der Waals surface area contributed by atoms with Gasteiger partial charge in [-0.1, -0.05) is 5.16 Å². The number of carbonyl (C=O) groups excluding carboxylic acids is 1. The van der Waals surface area contributed by atoms with E-state index >= 15 is 0 Å². The molecule has 0 unspecified atom stereocenters. The summed E-state index contributed by atoms with van der Waals surface area (Å²) >= 11 is 0. The first-order valence-electron chi connectivity index (χ1n) is 7.80. The molecular weight excluding hydrogens is 324 g/mol. The van der Waals surface area contributed by atoms with Crippen LogP contribution in [-0.4, -0.2) is 41.3 Å². The molecule has 2 amide bonds. The van der Waals surface area contributed by atoms with E-state index in [1.807, 2.05) is 0 Å². The van der Waals surface area contributed by atoms with Gasteiger partial charge in [-0.15, -0.1) is 0 Å². The Balaban J connectivity index is 1.33. The average molecular weight is 340 g/mol. The van der Waals surface area contributed by atoms with Gasteiger partial charge in [0.2, 0.25) is 11.7 Å². The molecule has 1 saturated heterocycles. The normalized spacial score (nSPS) is 14.2. The summed E-state index contributed by atoms with van der Waals surface area (Å²) in [4.78, 5) is 18.2. The van der Waals surface area contributed by atoms with Crippen LogP contribution in [0.25, 0.3) is 11.6 Å². The largest absolute Gasteiger partial charge is 0.497 e. The molecule has 0 bridgehead atoms. The van der Waals surface area contributed by atoms with Gasteiger partial charge in [-0.25, -0.2) is 4.79 Å². The van der Waals surface area contributed by atoms with Crippen molar-refractivity contribution in [3.05, 3.63) is 48.6 Å². The van der Waals surface area contributed by atoms with Crippen LogP contribution in [-0.2, 0) is 0 Å². The molecule has 1 aliphatic heterocycles. The number of nitrogens with one attached hydrogen (secondary N) is 1. The van der Waals surface area contributed by atoms with Crippen LogP contribution >= 0.6 is 0 Å². The number of likely N-dealkylation sites (tertiary alicyclic amines) is 1. The van der Waals surface area contributed by atoms with Crippen molar-refractivity contribution in [1.82, 2.24) is 15.0 Å². The van der Waals surface area contributed by atoms with E-state index < -0.39 is 0 Å². The van der Waals surface area contributed by atoms with Crippen LogP contribution in [0.5, 0.6) is 5.75 Å². The number of benzene rings is 1. The van der Waals surface area contributed by atoms with Crippen molar-refractivity contribution < 1.29 is 18.5 Å². The minimum atomic E-state index is -0.160. The molecule has 0 radical (unpaired) electrons. The Kier molecular flexibility index (Phi) is 3.85. The van der Waals surface area contributed by atoms with Gasteiger partial charge in [-0.05, 0) is 36.4 Å². The quantitative estimate of drug-likeness (QED) is 0.785. The van der Waals surface area contributed by atoms with Crippen LogP contribution < -0.4 is 10.1 Å². The number of urea groups is 1. The predicted octanol–water partition coefficient (Wildman–Crippen LogP) is 2.97. The van der Waals surface area contributed by atoms with Gasteiger partial charge in [-0.3, -0.25) is 0 Å². The number of aromatic nitrogens is 2. The fraction of sp³-hybridized carbons (Fsp3) is 0.235. The van der Waals surface area contributed by atoms with Crippen molar-refractivity contribution >= 4 is 11.7 Å². The maximum atomic E-state index is 12.2. The lowest BCUT2D eigenvalue weighted by Crippen LogP contribution is -2.50. The summed E-state index contributed by atoms with van der Waals surface area (Å²) in [6, 6.07) is 10.5. The molecule has 1 N–H and O–H groups in total. The summed E-state index contributed by atoms with van der Waals surface area (Å²) in [5, 5.41) is 6.75. The highest BCUT2D eigenvalue weighted by atomic mass is 16.5. The number of nitrogens with zero attached hydrogens (tertiary/aromatic N) is 3.